The van der Waals surface area contributed by atoms with Crippen molar-refractivity contribution >= 4 is 50.7 Å². The van der Waals surface area contributed by atoms with Gasteiger partial charge in [-0.05, 0) is 62.2 Å². The number of carbonyl (C=O) groups is 2. The van der Waals surface area contributed by atoms with E-state index in [0.29, 0.717) is 22.8 Å². The van der Waals surface area contributed by atoms with Gasteiger partial charge in [0.1, 0.15) is 24.1 Å². The van der Waals surface area contributed by atoms with E-state index in [-0.39, 0.29) is 39.8 Å². The van der Waals surface area contributed by atoms with Crippen LogP contribution in [0.1, 0.15) is 32.8 Å². The van der Waals surface area contributed by atoms with Crippen LogP contribution >= 0.6 is 23.2 Å². The van der Waals surface area contributed by atoms with E-state index in [1.54, 1.807) is 55.5 Å². The van der Waals surface area contributed by atoms with Crippen LogP contribution in [0, 0.1) is 0 Å². The van der Waals surface area contributed by atoms with Crippen LogP contribution in [-0.2, 0) is 26.2 Å². The van der Waals surface area contributed by atoms with E-state index in [0.717, 1.165) is 4.31 Å². The van der Waals surface area contributed by atoms with E-state index in [1.807, 2.05) is 13.8 Å². The first-order valence-electron chi connectivity index (χ1n) is 13.3. The number of amides is 2. The van der Waals surface area contributed by atoms with Gasteiger partial charge in [-0.15, -0.1) is 0 Å². The molecule has 9 nitrogen and oxygen atoms in total. The number of nitrogens with zero attached hydrogens (tertiary/aromatic N) is 2. The Hall–Kier alpha value is -3.47. The van der Waals surface area contributed by atoms with Crippen LogP contribution in [-0.4, -0.2) is 58.0 Å². The molecule has 0 saturated carbocycles. The van der Waals surface area contributed by atoms with E-state index >= 15 is 0 Å². The number of ether oxygens (including phenoxy) is 2. The summed E-state index contributed by atoms with van der Waals surface area (Å²) in [6, 6.07) is 16.2. The largest absolute Gasteiger partial charge is 0.497 e. The summed E-state index contributed by atoms with van der Waals surface area (Å²) < 4.78 is 39.9. The fraction of sp³-hybridized carbons (Fsp3) is 0.333. The van der Waals surface area contributed by atoms with Crippen molar-refractivity contribution in [3.8, 4) is 11.5 Å². The lowest BCUT2D eigenvalue weighted by Gasteiger charge is -2.33. The average Bonchev–Trinajstić information content (AvgIpc) is 2.99. The first-order valence-corrected chi connectivity index (χ1v) is 15.5. The van der Waals surface area contributed by atoms with E-state index in [2.05, 4.69) is 5.32 Å². The molecule has 0 bridgehead atoms. The normalized spacial score (nSPS) is 12.6. The number of anilines is 1. The summed E-state index contributed by atoms with van der Waals surface area (Å²) in [5.41, 5.74) is 0.706. The number of hydrogen-bond donors (Lipinski definition) is 1. The number of carbonyl (C=O) groups excluding carboxylic acids is 2. The number of halogens is 2. The molecule has 3 rings (SSSR count). The molecule has 0 radical (unpaired) electrons. The second-order valence-electron chi connectivity index (χ2n) is 9.63. The Bertz CT molecular complexity index is 1500. The maximum atomic E-state index is 14.1. The lowest BCUT2D eigenvalue weighted by atomic mass is 10.1. The third-order valence-corrected chi connectivity index (χ3v) is 9.28. The molecule has 0 aliphatic carbocycles. The van der Waals surface area contributed by atoms with Gasteiger partial charge in [-0.2, -0.15) is 0 Å². The van der Waals surface area contributed by atoms with Gasteiger partial charge in [-0.3, -0.25) is 13.9 Å². The molecule has 0 saturated heterocycles. The van der Waals surface area contributed by atoms with Crippen LogP contribution in [0.2, 0.25) is 10.0 Å². The van der Waals surface area contributed by atoms with Gasteiger partial charge in [0.15, 0.2) is 0 Å². The van der Waals surface area contributed by atoms with Crippen LogP contribution in [0.5, 0.6) is 11.5 Å². The Labute approximate surface area is 257 Å². The third kappa shape index (κ3) is 7.87. The van der Waals surface area contributed by atoms with Crippen LogP contribution in [0.3, 0.4) is 0 Å². The second-order valence-corrected chi connectivity index (χ2v) is 12.3. The minimum Gasteiger partial charge on any atom is -0.497 e. The summed E-state index contributed by atoms with van der Waals surface area (Å²) in [7, 11) is -1.43. The SMILES string of the molecule is CC[C@@H](C)NC(=O)[C@H](C)N(Cc1ccc(Cl)c(Cl)c1)C(=O)CN(c1cc(OC)ccc1OC)S(=O)(=O)c1ccccc1. The molecule has 0 spiro atoms. The van der Waals surface area contributed by atoms with Crippen LogP contribution in [0.25, 0.3) is 0 Å². The molecule has 3 aromatic carbocycles. The Morgan fingerprint density at radius 3 is 2.21 bits per heavy atom. The van der Waals surface area contributed by atoms with Crippen molar-refractivity contribution in [1.82, 2.24) is 10.2 Å². The molecule has 2 amide bonds. The highest BCUT2D eigenvalue weighted by Gasteiger charge is 2.34. The van der Waals surface area contributed by atoms with Crippen LogP contribution < -0.4 is 19.1 Å². The molecule has 3 aromatic rings. The Balaban J connectivity index is 2.12. The average molecular weight is 637 g/mol. The molecule has 0 aliphatic rings. The number of hydrogen-bond acceptors (Lipinski definition) is 6. The smallest absolute Gasteiger partial charge is 0.264 e. The molecule has 226 valence electrons. The fourth-order valence-electron chi connectivity index (χ4n) is 4.11. The van der Waals surface area contributed by atoms with Crippen molar-refractivity contribution in [3.05, 3.63) is 82.3 Å². The van der Waals surface area contributed by atoms with Gasteiger partial charge < -0.3 is 19.7 Å². The van der Waals surface area contributed by atoms with Crippen molar-refractivity contribution in [2.45, 2.75) is 50.7 Å². The van der Waals surface area contributed by atoms with Gasteiger partial charge in [0.05, 0.1) is 34.8 Å². The minimum atomic E-state index is -4.28. The van der Waals surface area contributed by atoms with E-state index < -0.39 is 28.5 Å². The lowest BCUT2D eigenvalue weighted by molar-refractivity contribution is -0.139. The van der Waals surface area contributed by atoms with Gasteiger partial charge in [0.25, 0.3) is 10.0 Å². The van der Waals surface area contributed by atoms with Gasteiger partial charge in [-0.1, -0.05) is 54.4 Å². The first-order chi connectivity index (χ1) is 19.9. The highest BCUT2D eigenvalue weighted by molar-refractivity contribution is 7.92. The summed E-state index contributed by atoms with van der Waals surface area (Å²) in [6.07, 6.45) is 0.692. The number of rotatable bonds is 13. The van der Waals surface area contributed by atoms with Crippen molar-refractivity contribution in [1.29, 1.82) is 0 Å². The zero-order valence-electron chi connectivity index (χ0n) is 24.1. The van der Waals surface area contributed by atoms with Gasteiger partial charge >= 0.3 is 0 Å². The van der Waals surface area contributed by atoms with Crippen LogP contribution in [0.4, 0.5) is 5.69 Å². The molecule has 0 aliphatic heterocycles. The number of methoxy groups -OCH3 is 2. The molecule has 0 aromatic heterocycles. The highest BCUT2D eigenvalue weighted by Crippen LogP contribution is 2.36. The summed E-state index contributed by atoms with van der Waals surface area (Å²) in [5, 5.41) is 3.52. The molecule has 42 heavy (non-hydrogen) atoms. The molecule has 12 heteroatoms. The minimum absolute atomic E-state index is 0.0266. The van der Waals surface area contributed by atoms with Gasteiger partial charge in [0, 0.05) is 18.7 Å². The molecule has 0 unspecified atom stereocenters. The van der Waals surface area contributed by atoms with Crippen molar-refractivity contribution in [3.63, 3.8) is 0 Å². The number of benzene rings is 3. The second kappa shape index (κ2) is 14.6. The maximum absolute atomic E-state index is 14.1. The molecule has 0 fully saturated rings. The molecular weight excluding hydrogens is 601 g/mol. The number of nitrogens with one attached hydrogen (secondary N) is 1. The monoisotopic (exact) mass is 635 g/mol. The van der Waals surface area contributed by atoms with E-state index in [4.69, 9.17) is 32.7 Å². The summed E-state index contributed by atoms with van der Waals surface area (Å²) in [4.78, 5) is 28.6. The predicted octanol–water partition coefficient (Wildman–Crippen LogP) is 5.54. The zero-order chi connectivity index (χ0) is 31.0. The fourth-order valence-corrected chi connectivity index (χ4v) is 5.87. The zero-order valence-corrected chi connectivity index (χ0v) is 26.5. The van der Waals surface area contributed by atoms with Crippen molar-refractivity contribution < 1.29 is 27.5 Å². The molecule has 0 heterocycles. The van der Waals surface area contributed by atoms with Gasteiger partial charge in [0.2, 0.25) is 11.8 Å². The van der Waals surface area contributed by atoms with Gasteiger partial charge in [-0.25, -0.2) is 8.42 Å². The topological polar surface area (TPSA) is 105 Å². The summed E-state index contributed by atoms with van der Waals surface area (Å²) in [6.45, 7) is 4.72. The predicted molar refractivity (Wildman–Crippen MR) is 165 cm³/mol. The molecule has 2 atom stereocenters. The Morgan fingerprint density at radius 2 is 1.62 bits per heavy atom. The quantitative estimate of drug-likeness (QED) is 0.264. The summed E-state index contributed by atoms with van der Waals surface area (Å²) >= 11 is 12.3. The lowest BCUT2D eigenvalue weighted by Crippen LogP contribution is -2.52. The highest BCUT2D eigenvalue weighted by atomic mass is 35.5. The third-order valence-electron chi connectivity index (χ3n) is 6.77. The molecule has 1 N–H and O–H groups in total. The van der Waals surface area contributed by atoms with E-state index in [9.17, 15) is 18.0 Å². The first kappa shape index (κ1) is 33.0. The van der Waals surface area contributed by atoms with E-state index in [1.165, 1.54) is 37.3 Å². The summed E-state index contributed by atoms with van der Waals surface area (Å²) in [5.74, 6) is -0.436. The molecular formula is C30H35Cl2N3O6S. The standard InChI is InChI=1S/C30H35Cl2N3O6S/c1-6-20(2)33-30(37)21(3)34(18-22-12-14-25(31)26(32)16-22)29(36)19-35(42(38,39)24-10-8-7-9-11-24)27-17-23(40-4)13-15-28(27)41-5/h7-17,20-21H,6,18-19H2,1-5H3,(H,33,37)/t20-,21+/m1/s1. The van der Waals surface area contributed by atoms with Crippen LogP contribution in [0.15, 0.2) is 71.6 Å². The Kier molecular flexibility index (Phi) is 11.5. The Morgan fingerprint density at radius 1 is 0.929 bits per heavy atom. The van der Waals surface area contributed by atoms with Crippen molar-refractivity contribution in [2.24, 2.45) is 0 Å². The number of sulfonamides is 1. The van der Waals surface area contributed by atoms with Crippen molar-refractivity contribution in [2.75, 3.05) is 25.1 Å². The maximum Gasteiger partial charge on any atom is 0.264 e.